The van der Waals surface area contributed by atoms with Crippen molar-refractivity contribution in [1.29, 1.82) is 0 Å². The molecular weight excluding hydrogens is 366 g/mol. The van der Waals surface area contributed by atoms with Gasteiger partial charge in [0.25, 0.3) is 0 Å². The topological polar surface area (TPSA) is 88.9 Å². The number of aryl methyl sites for hydroxylation is 1. The van der Waals surface area contributed by atoms with Gasteiger partial charge in [0.05, 0.1) is 28.5 Å². The molecule has 138 valence electrons. The second-order valence-corrected chi connectivity index (χ2v) is 7.00. The summed E-state index contributed by atoms with van der Waals surface area (Å²) in [5, 5.41) is 10.8. The first-order valence-electron chi connectivity index (χ1n) is 8.68. The van der Waals surface area contributed by atoms with E-state index in [9.17, 15) is 9.59 Å². The number of carbonyl (C=O) groups is 2. The number of anilines is 1. The van der Waals surface area contributed by atoms with Gasteiger partial charge >= 0.3 is 11.8 Å². The van der Waals surface area contributed by atoms with Crippen molar-refractivity contribution < 1.29 is 9.59 Å². The van der Waals surface area contributed by atoms with E-state index in [-0.39, 0.29) is 6.54 Å². The van der Waals surface area contributed by atoms with Gasteiger partial charge < -0.3 is 10.6 Å². The lowest BCUT2D eigenvalue weighted by atomic mass is 10.2. The molecule has 0 saturated heterocycles. The smallest absolute Gasteiger partial charge is 0.313 e. The third-order valence-corrected chi connectivity index (χ3v) is 4.87. The fourth-order valence-corrected chi connectivity index (χ4v) is 3.28. The highest BCUT2D eigenvalue weighted by molar-refractivity contribution is 6.40. The van der Waals surface area contributed by atoms with Crippen LogP contribution in [0, 0.1) is 0 Å². The summed E-state index contributed by atoms with van der Waals surface area (Å²) in [4.78, 5) is 28.6. The summed E-state index contributed by atoms with van der Waals surface area (Å²) in [7, 11) is 1.89. The van der Waals surface area contributed by atoms with Crippen LogP contribution in [0.25, 0.3) is 10.9 Å². The Morgan fingerprint density at radius 1 is 1.26 bits per heavy atom. The van der Waals surface area contributed by atoms with E-state index in [1.807, 2.05) is 17.8 Å². The number of aromatic nitrogens is 3. The SMILES string of the molecule is Cn1nc(CNC(=O)C(=O)Nc2ccc(Cl)c3ncccc23)cc1C1CC1. The Bertz CT molecular complexity index is 1040. The molecule has 0 radical (unpaired) electrons. The van der Waals surface area contributed by atoms with Crippen molar-refractivity contribution >= 4 is 40.0 Å². The minimum atomic E-state index is -0.749. The Balaban J connectivity index is 1.42. The maximum absolute atomic E-state index is 12.3. The van der Waals surface area contributed by atoms with Gasteiger partial charge in [0.2, 0.25) is 0 Å². The highest BCUT2D eigenvalue weighted by Gasteiger charge is 2.27. The van der Waals surface area contributed by atoms with Crippen LogP contribution in [0.2, 0.25) is 5.02 Å². The maximum Gasteiger partial charge on any atom is 0.313 e. The van der Waals surface area contributed by atoms with E-state index in [2.05, 4.69) is 20.7 Å². The number of nitrogens with one attached hydrogen (secondary N) is 2. The molecule has 0 unspecified atom stereocenters. The van der Waals surface area contributed by atoms with Gasteiger partial charge in [0, 0.05) is 30.2 Å². The third kappa shape index (κ3) is 3.64. The number of hydrogen-bond acceptors (Lipinski definition) is 4. The van der Waals surface area contributed by atoms with Crippen molar-refractivity contribution in [3.63, 3.8) is 0 Å². The highest BCUT2D eigenvalue weighted by atomic mass is 35.5. The fraction of sp³-hybridized carbons (Fsp3) is 0.263. The van der Waals surface area contributed by atoms with Gasteiger partial charge in [-0.15, -0.1) is 0 Å². The van der Waals surface area contributed by atoms with Gasteiger partial charge in [0.1, 0.15) is 0 Å². The monoisotopic (exact) mass is 383 g/mol. The first kappa shape index (κ1) is 17.5. The minimum absolute atomic E-state index is 0.204. The Kier molecular flexibility index (Phi) is 4.53. The van der Waals surface area contributed by atoms with Crippen LogP contribution in [-0.2, 0) is 23.2 Å². The summed E-state index contributed by atoms with van der Waals surface area (Å²) in [5.41, 5.74) is 2.96. The predicted molar refractivity (Wildman–Crippen MR) is 102 cm³/mol. The molecule has 1 saturated carbocycles. The fourth-order valence-electron chi connectivity index (χ4n) is 3.07. The van der Waals surface area contributed by atoms with E-state index < -0.39 is 11.8 Å². The van der Waals surface area contributed by atoms with Crippen LogP contribution in [0.5, 0.6) is 0 Å². The lowest BCUT2D eigenvalue weighted by Gasteiger charge is -2.09. The molecule has 0 spiro atoms. The van der Waals surface area contributed by atoms with Crippen LogP contribution in [-0.4, -0.2) is 26.6 Å². The summed E-state index contributed by atoms with van der Waals surface area (Å²) < 4.78 is 1.84. The molecular formula is C19H18ClN5O2. The van der Waals surface area contributed by atoms with Crippen molar-refractivity contribution in [2.75, 3.05) is 5.32 Å². The molecule has 8 heteroatoms. The molecule has 7 nitrogen and oxygen atoms in total. The summed E-state index contributed by atoms with van der Waals surface area (Å²) in [5.74, 6) is -0.900. The number of nitrogens with zero attached hydrogens (tertiary/aromatic N) is 3. The van der Waals surface area contributed by atoms with Gasteiger partial charge in [-0.3, -0.25) is 19.3 Å². The van der Waals surface area contributed by atoms with Crippen LogP contribution in [0.4, 0.5) is 5.69 Å². The molecule has 3 aromatic rings. The van der Waals surface area contributed by atoms with Gasteiger partial charge in [-0.25, -0.2) is 0 Å². The zero-order valence-electron chi connectivity index (χ0n) is 14.7. The van der Waals surface area contributed by atoms with Crippen LogP contribution in [0.1, 0.15) is 30.1 Å². The van der Waals surface area contributed by atoms with Gasteiger partial charge in [0.15, 0.2) is 0 Å². The average molecular weight is 384 g/mol. The van der Waals surface area contributed by atoms with Gasteiger partial charge in [-0.05, 0) is 43.2 Å². The molecule has 4 rings (SSSR count). The molecule has 2 aromatic heterocycles. The van der Waals surface area contributed by atoms with E-state index in [1.165, 1.54) is 18.5 Å². The largest absolute Gasteiger partial charge is 0.342 e. The molecule has 1 aliphatic carbocycles. The van der Waals surface area contributed by atoms with Crippen molar-refractivity contribution in [2.45, 2.75) is 25.3 Å². The summed E-state index contributed by atoms with van der Waals surface area (Å²) >= 11 is 6.12. The quantitative estimate of drug-likeness (QED) is 0.678. The predicted octanol–water partition coefficient (Wildman–Crippen LogP) is 2.75. The number of halogens is 1. The molecule has 27 heavy (non-hydrogen) atoms. The third-order valence-electron chi connectivity index (χ3n) is 4.57. The second-order valence-electron chi connectivity index (χ2n) is 6.59. The Hall–Kier alpha value is -2.93. The van der Waals surface area contributed by atoms with Crippen LogP contribution in [0.15, 0.2) is 36.5 Å². The standard InChI is InChI=1S/C19H18ClN5O2/c1-25-16(11-4-5-11)9-12(24-25)10-22-18(26)19(27)23-15-7-6-14(20)17-13(15)3-2-8-21-17/h2-3,6-9,11H,4-5,10H2,1H3,(H,22,26)(H,23,27). The number of fused-ring (bicyclic) bond motifs is 1. The van der Waals surface area contributed by atoms with Crippen molar-refractivity contribution in [3.05, 3.63) is 52.9 Å². The first-order chi connectivity index (χ1) is 13.0. The summed E-state index contributed by atoms with van der Waals surface area (Å²) in [6.07, 6.45) is 3.98. The Morgan fingerprint density at radius 3 is 2.85 bits per heavy atom. The lowest BCUT2D eigenvalue weighted by Crippen LogP contribution is -2.35. The second kappa shape index (κ2) is 7.00. The lowest BCUT2D eigenvalue weighted by molar-refractivity contribution is -0.136. The van der Waals surface area contributed by atoms with Crippen molar-refractivity contribution in [3.8, 4) is 0 Å². The molecule has 0 bridgehead atoms. The molecule has 1 aromatic carbocycles. The molecule has 0 atom stereocenters. The minimum Gasteiger partial charge on any atom is -0.342 e. The molecule has 2 N–H and O–H groups in total. The van der Waals surface area contributed by atoms with Crippen molar-refractivity contribution in [1.82, 2.24) is 20.1 Å². The molecule has 1 aliphatic rings. The van der Waals surface area contributed by atoms with Crippen LogP contribution < -0.4 is 10.6 Å². The molecule has 0 aliphatic heterocycles. The number of carbonyl (C=O) groups excluding carboxylic acids is 2. The average Bonchev–Trinajstić information content (AvgIpc) is 3.44. The number of hydrogen-bond donors (Lipinski definition) is 2. The number of benzene rings is 1. The van der Waals surface area contributed by atoms with Crippen LogP contribution in [0.3, 0.4) is 0 Å². The molecule has 2 heterocycles. The summed E-state index contributed by atoms with van der Waals surface area (Å²) in [6, 6.07) is 8.80. The molecule has 1 fully saturated rings. The van der Waals surface area contributed by atoms with E-state index in [4.69, 9.17) is 11.6 Å². The van der Waals surface area contributed by atoms with Crippen LogP contribution >= 0.6 is 11.6 Å². The first-order valence-corrected chi connectivity index (χ1v) is 9.06. The number of rotatable bonds is 4. The zero-order chi connectivity index (χ0) is 19.0. The van der Waals surface area contributed by atoms with Crippen molar-refractivity contribution in [2.24, 2.45) is 7.05 Å². The zero-order valence-corrected chi connectivity index (χ0v) is 15.5. The van der Waals surface area contributed by atoms with E-state index in [1.54, 1.807) is 30.5 Å². The summed E-state index contributed by atoms with van der Waals surface area (Å²) in [6.45, 7) is 0.204. The normalized spacial score (nSPS) is 13.6. The van der Waals surface area contributed by atoms with E-state index in [0.717, 1.165) is 5.69 Å². The number of amides is 2. The maximum atomic E-state index is 12.3. The molecule has 2 amide bonds. The van der Waals surface area contributed by atoms with E-state index >= 15 is 0 Å². The van der Waals surface area contributed by atoms with Gasteiger partial charge in [-0.1, -0.05) is 11.6 Å². The van der Waals surface area contributed by atoms with Gasteiger partial charge in [-0.2, -0.15) is 5.10 Å². The highest BCUT2D eigenvalue weighted by Crippen LogP contribution is 2.39. The Morgan fingerprint density at radius 2 is 2.07 bits per heavy atom. The Labute approximate surface area is 160 Å². The number of pyridine rings is 1. The van der Waals surface area contributed by atoms with E-state index in [0.29, 0.717) is 27.5 Å².